The summed E-state index contributed by atoms with van der Waals surface area (Å²) < 4.78 is 21.2. The van der Waals surface area contributed by atoms with Crippen molar-refractivity contribution in [1.29, 1.82) is 0 Å². The molecule has 0 amide bonds. The Morgan fingerprint density at radius 1 is 0.407 bits per heavy atom. The molecule has 5 aromatic carbocycles. The van der Waals surface area contributed by atoms with Gasteiger partial charge in [0.15, 0.2) is 0 Å². The summed E-state index contributed by atoms with van der Waals surface area (Å²) in [4.78, 5) is 0. The number of aryl methyl sites for hydroxylation is 13. The van der Waals surface area contributed by atoms with Gasteiger partial charge in [0.25, 0.3) is 0 Å². The quantitative estimate of drug-likeness (QED) is 0.0982. The number of rotatable bonds is 11. The third kappa shape index (κ3) is 7.45. The molecule has 0 aliphatic heterocycles. The van der Waals surface area contributed by atoms with Gasteiger partial charge in [-0.2, -0.15) is 0 Å². The predicted molar refractivity (Wildman–Crippen MR) is 261 cm³/mol. The van der Waals surface area contributed by atoms with Gasteiger partial charge in [-0.1, -0.05) is 0 Å². The normalized spacial score (nSPS) is 12.9. The monoisotopic (exact) mass is 813 g/mol. The molecule has 0 bridgehead atoms. The van der Waals surface area contributed by atoms with Crippen LogP contribution in [0.15, 0.2) is 60.7 Å². The molecule has 316 valence electrons. The SMILES string of the molecule is CCc1cc(CC)cc(P(c2c(C)cc(C)cc2C)(c2c(C)cc(C)c(OB(Oc3c(C)cc(C)cc3C)Oc3c(C)cc(C)cc3C)c2C)(C(C)(C)C)C(C)(C)C)c1. The molecule has 0 fully saturated rings. The molecule has 0 aromatic heterocycles. The second kappa shape index (κ2) is 16.5. The van der Waals surface area contributed by atoms with E-state index >= 15 is 0 Å². The van der Waals surface area contributed by atoms with E-state index in [1.807, 2.05) is 0 Å². The molecule has 3 nitrogen and oxygen atoms in total. The number of hydrogen-bond acceptors (Lipinski definition) is 3. The fraction of sp³-hybridized carbons (Fsp3) is 0.444. The van der Waals surface area contributed by atoms with Gasteiger partial charge < -0.3 is 0 Å². The third-order valence-corrected chi connectivity index (χ3v) is 23.1. The van der Waals surface area contributed by atoms with E-state index in [4.69, 9.17) is 14.0 Å². The maximum atomic E-state index is 7.34. The van der Waals surface area contributed by atoms with E-state index in [9.17, 15) is 0 Å². The van der Waals surface area contributed by atoms with Crippen LogP contribution in [0.1, 0.15) is 133 Å². The summed E-state index contributed by atoms with van der Waals surface area (Å²) in [6.45, 7) is 42.5. The van der Waals surface area contributed by atoms with Gasteiger partial charge in [0.1, 0.15) is 0 Å². The van der Waals surface area contributed by atoms with Gasteiger partial charge in [-0.25, -0.2) is 0 Å². The van der Waals surface area contributed by atoms with Crippen LogP contribution < -0.4 is 29.9 Å². The summed E-state index contributed by atoms with van der Waals surface area (Å²) in [7, 11) is -1.06. The fourth-order valence-corrected chi connectivity index (χ4v) is 22.8. The maximum absolute atomic E-state index is 7.34. The molecule has 0 atom stereocenters. The molecule has 0 spiro atoms. The standard InChI is InChI=1S/C54H74BO3P/c1-21-45-30-46(22-2)32-47(31-45)59(53(15,16)17,54(18,19)20,51-41(11)27-35(5)28-42(51)12)52-43(13)29-40(10)50(44(52)14)58-55(56-48-36(6)23-33(3)24-37(48)7)57-49-38(8)25-34(4)26-39(49)9/h23-32H,21-22H2,1-20H3. The van der Waals surface area contributed by atoms with Crippen LogP contribution in [0.25, 0.3) is 0 Å². The van der Waals surface area contributed by atoms with E-state index in [1.54, 1.807) is 0 Å². The topological polar surface area (TPSA) is 27.7 Å². The summed E-state index contributed by atoms with van der Waals surface area (Å²) >= 11 is 0. The molecule has 0 radical (unpaired) electrons. The van der Waals surface area contributed by atoms with Crippen molar-refractivity contribution in [2.24, 2.45) is 0 Å². The Balaban J connectivity index is 2.00. The van der Waals surface area contributed by atoms with Crippen molar-refractivity contribution >= 4 is 29.8 Å². The van der Waals surface area contributed by atoms with Crippen molar-refractivity contribution in [2.75, 3.05) is 0 Å². The molecule has 0 N–H and O–H groups in total. The molecule has 5 heteroatoms. The summed E-state index contributed by atoms with van der Waals surface area (Å²) in [6, 6.07) is 23.5. The molecular formula is C54H74BO3P. The summed E-state index contributed by atoms with van der Waals surface area (Å²) in [5.74, 6) is 2.38. The predicted octanol–water partition coefficient (Wildman–Crippen LogP) is 13.5. The molecule has 5 rings (SSSR count). The van der Waals surface area contributed by atoms with Gasteiger partial charge in [-0.15, -0.1) is 0 Å². The number of benzene rings is 5. The fourth-order valence-electron chi connectivity index (χ4n) is 11.9. The Kier molecular flexibility index (Phi) is 12.8. The average Bonchev–Trinajstić information content (AvgIpc) is 3.10. The van der Waals surface area contributed by atoms with Crippen LogP contribution in [0.3, 0.4) is 0 Å². The van der Waals surface area contributed by atoms with Crippen molar-refractivity contribution in [2.45, 2.75) is 162 Å². The minimum atomic E-state index is -3.70. The Morgan fingerprint density at radius 2 is 0.729 bits per heavy atom. The van der Waals surface area contributed by atoms with Crippen LogP contribution in [-0.2, 0) is 12.8 Å². The Bertz CT molecular complexity index is 2240. The summed E-state index contributed by atoms with van der Waals surface area (Å²) in [6.07, 6.45) is 1.94. The zero-order valence-corrected chi connectivity index (χ0v) is 41.3. The van der Waals surface area contributed by atoms with Crippen molar-refractivity contribution in [3.8, 4) is 17.2 Å². The van der Waals surface area contributed by atoms with Crippen molar-refractivity contribution in [1.82, 2.24) is 0 Å². The van der Waals surface area contributed by atoms with Gasteiger partial charge in [0.05, 0.1) is 0 Å². The Morgan fingerprint density at radius 3 is 1.08 bits per heavy atom. The molecular weight excluding hydrogens is 738 g/mol. The van der Waals surface area contributed by atoms with Crippen LogP contribution >= 0.6 is 6.60 Å². The van der Waals surface area contributed by atoms with E-state index in [0.29, 0.717) is 0 Å². The minimum absolute atomic E-state index is 0.243. The second-order valence-corrected chi connectivity index (χ2v) is 26.2. The summed E-state index contributed by atoms with van der Waals surface area (Å²) in [5.41, 5.74) is 16.9. The van der Waals surface area contributed by atoms with Crippen molar-refractivity contribution in [3.05, 3.63) is 139 Å². The second-order valence-electron chi connectivity index (χ2n) is 19.8. The Labute approximate surface area is 359 Å². The number of hydrogen-bond donors (Lipinski definition) is 0. The van der Waals surface area contributed by atoms with Gasteiger partial charge >= 0.3 is 361 Å². The van der Waals surface area contributed by atoms with Gasteiger partial charge in [0.2, 0.25) is 0 Å². The van der Waals surface area contributed by atoms with Crippen LogP contribution in [0.2, 0.25) is 0 Å². The van der Waals surface area contributed by atoms with Gasteiger partial charge in [0, 0.05) is 0 Å². The zero-order chi connectivity index (χ0) is 44.2. The molecule has 0 aliphatic rings. The first-order chi connectivity index (χ1) is 27.3. The first-order valence-electron chi connectivity index (χ1n) is 21.8. The van der Waals surface area contributed by atoms with Crippen molar-refractivity contribution in [3.63, 3.8) is 0 Å². The van der Waals surface area contributed by atoms with E-state index in [-0.39, 0.29) is 10.3 Å². The van der Waals surface area contributed by atoms with Gasteiger partial charge in [-0.05, 0) is 0 Å². The first kappa shape index (κ1) is 46.1. The molecule has 0 unspecified atom stereocenters. The average molecular weight is 813 g/mol. The molecule has 5 aromatic rings. The van der Waals surface area contributed by atoms with E-state index in [1.165, 1.54) is 60.4 Å². The van der Waals surface area contributed by atoms with Crippen LogP contribution in [0.4, 0.5) is 0 Å². The molecule has 0 aliphatic carbocycles. The Hall–Kier alpha value is -4.01. The van der Waals surface area contributed by atoms with E-state index in [0.717, 1.165) is 63.5 Å². The van der Waals surface area contributed by atoms with Gasteiger partial charge in [-0.3, -0.25) is 0 Å². The first-order valence-corrected chi connectivity index (χ1v) is 24.1. The van der Waals surface area contributed by atoms with E-state index < -0.39 is 13.9 Å². The van der Waals surface area contributed by atoms with E-state index in [2.05, 4.69) is 199 Å². The van der Waals surface area contributed by atoms with Crippen molar-refractivity contribution < 1.29 is 14.0 Å². The third-order valence-electron chi connectivity index (χ3n) is 13.3. The summed E-state index contributed by atoms with van der Waals surface area (Å²) in [5, 5.41) is 3.88. The molecule has 0 saturated heterocycles. The zero-order valence-electron chi connectivity index (χ0n) is 40.4. The van der Waals surface area contributed by atoms with Crippen LogP contribution in [0, 0.1) is 83.1 Å². The van der Waals surface area contributed by atoms with Crippen LogP contribution in [-0.4, -0.2) is 17.6 Å². The molecule has 59 heavy (non-hydrogen) atoms. The van der Waals surface area contributed by atoms with Crippen LogP contribution in [0.5, 0.6) is 17.2 Å². The molecule has 0 heterocycles. The molecule has 0 saturated carbocycles.